The maximum Gasteiger partial charge on any atom is 0.120 e. The zero-order chi connectivity index (χ0) is 22.1. The predicted molar refractivity (Wildman–Crippen MR) is 131 cm³/mol. The Balaban J connectivity index is 1.59. The molecule has 2 aromatic carbocycles. The molecule has 0 saturated carbocycles. The summed E-state index contributed by atoms with van der Waals surface area (Å²) in [6, 6.07) is 19.1. The van der Waals surface area contributed by atoms with Crippen molar-refractivity contribution < 1.29 is 0 Å². The second-order valence-electron chi connectivity index (χ2n) is 8.11. The Kier molecular flexibility index (Phi) is 5.53. The third-order valence-electron chi connectivity index (χ3n) is 5.69. The third-order valence-corrected chi connectivity index (χ3v) is 6.63. The fourth-order valence-corrected chi connectivity index (χ4v) is 4.73. The molecule has 0 bridgehead atoms. The van der Waals surface area contributed by atoms with E-state index < -0.39 is 0 Å². The second-order valence-corrected chi connectivity index (χ2v) is 9.10. The van der Waals surface area contributed by atoms with Crippen LogP contribution in [-0.4, -0.2) is 24.3 Å². The van der Waals surface area contributed by atoms with Gasteiger partial charge in [0.25, 0.3) is 0 Å². The Hall–Kier alpha value is -3.38. The molecule has 0 N–H and O–H groups in total. The average molecular weight is 440 g/mol. The highest BCUT2D eigenvalue weighted by Crippen LogP contribution is 2.29. The van der Waals surface area contributed by atoms with E-state index in [1.807, 2.05) is 48.5 Å². The van der Waals surface area contributed by atoms with Crippen molar-refractivity contribution in [2.24, 2.45) is 7.05 Å². The smallest absolute Gasteiger partial charge is 0.120 e. The Morgan fingerprint density at radius 2 is 1.88 bits per heavy atom. The zero-order valence-corrected chi connectivity index (χ0v) is 19.3. The highest BCUT2D eigenvalue weighted by molar-refractivity contribution is 7.98. The van der Waals surface area contributed by atoms with Crippen LogP contribution in [0, 0.1) is 13.8 Å². The predicted octanol–water partition coefficient (Wildman–Crippen LogP) is 5.79. The van der Waals surface area contributed by atoms with Gasteiger partial charge in [-0.3, -0.25) is 4.68 Å². The van der Waals surface area contributed by atoms with Gasteiger partial charge < -0.3 is 4.57 Å². The number of hydrogen-bond donors (Lipinski definition) is 0. The van der Waals surface area contributed by atoms with E-state index in [0.29, 0.717) is 0 Å². The van der Waals surface area contributed by atoms with E-state index in [1.54, 1.807) is 11.8 Å². The summed E-state index contributed by atoms with van der Waals surface area (Å²) in [4.78, 5) is 9.47. The van der Waals surface area contributed by atoms with Gasteiger partial charge in [0.1, 0.15) is 5.82 Å². The fraction of sp³-hybridized carbons (Fsp3) is 0.192. The number of rotatable bonds is 6. The Labute approximate surface area is 192 Å². The van der Waals surface area contributed by atoms with Crippen molar-refractivity contribution >= 4 is 22.8 Å². The summed E-state index contributed by atoms with van der Waals surface area (Å²) in [5, 5.41) is 5.34. The molecule has 0 amide bonds. The zero-order valence-electron chi connectivity index (χ0n) is 18.5. The van der Waals surface area contributed by atoms with Gasteiger partial charge in [0, 0.05) is 31.5 Å². The summed E-state index contributed by atoms with van der Waals surface area (Å²) in [6.07, 6.45) is 5.79. The third kappa shape index (κ3) is 4.18. The summed E-state index contributed by atoms with van der Waals surface area (Å²) in [5.74, 6) is 1.82. The fourth-order valence-electron chi connectivity index (χ4n) is 3.92. The first kappa shape index (κ1) is 20.5. The van der Waals surface area contributed by atoms with E-state index in [2.05, 4.69) is 64.9 Å². The first-order valence-electron chi connectivity index (χ1n) is 10.6. The maximum absolute atomic E-state index is 5.01. The van der Waals surface area contributed by atoms with Crippen LogP contribution in [-0.2, 0) is 19.3 Å². The molecule has 3 heterocycles. The molecule has 5 nitrogen and oxygen atoms in total. The van der Waals surface area contributed by atoms with Crippen molar-refractivity contribution in [2.45, 2.75) is 31.2 Å². The van der Waals surface area contributed by atoms with Crippen molar-refractivity contribution in [1.29, 1.82) is 0 Å². The number of pyridine rings is 1. The first-order valence-corrected chi connectivity index (χ1v) is 11.6. The molecule has 0 saturated heterocycles. The van der Waals surface area contributed by atoms with Crippen LogP contribution in [0.25, 0.3) is 22.2 Å². The number of benzene rings is 2. The Morgan fingerprint density at radius 1 is 0.969 bits per heavy atom. The molecule has 0 aliphatic rings. The molecule has 0 unspecified atom stereocenters. The van der Waals surface area contributed by atoms with Crippen LogP contribution in [0.2, 0.25) is 0 Å². The molecule has 5 aromatic rings. The van der Waals surface area contributed by atoms with E-state index >= 15 is 0 Å². The summed E-state index contributed by atoms with van der Waals surface area (Å²) in [7, 11) is 1.94. The second kappa shape index (κ2) is 8.63. The van der Waals surface area contributed by atoms with E-state index in [0.717, 1.165) is 45.3 Å². The van der Waals surface area contributed by atoms with Crippen LogP contribution in [0.1, 0.15) is 22.5 Å². The number of hydrogen-bond acceptors (Lipinski definition) is 4. The number of fused-ring (bicyclic) bond motifs is 1. The monoisotopic (exact) mass is 439 g/mol. The number of nitrogens with zero attached hydrogens (tertiary/aromatic N) is 5. The van der Waals surface area contributed by atoms with Gasteiger partial charge in [-0.2, -0.15) is 5.10 Å². The van der Waals surface area contributed by atoms with E-state index in [4.69, 9.17) is 4.98 Å². The van der Waals surface area contributed by atoms with Gasteiger partial charge in [-0.25, -0.2) is 9.97 Å². The lowest BCUT2D eigenvalue weighted by Crippen LogP contribution is -2.06. The maximum atomic E-state index is 5.01. The minimum atomic E-state index is 0.763. The van der Waals surface area contributed by atoms with Gasteiger partial charge in [0.2, 0.25) is 0 Å². The van der Waals surface area contributed by atoms with Gasteiger partial charge in [-0.05, 0) is 54.8 Å². The topological polar surface area (TPSA) is 48.5 Å². The van der Waals surface area contributed by atoms with E-state index in [1.165, 1.54) is 16.7 Å². The molecule has 6 heteroatoms. The van der Waals surface area contributed by atoms with Gasteiger partial charge in [0.15, 0.2) is 0 Å². The number of imidazole rings is 1. The molecule has 3 aromatic heterocycles. The molecule has 0 atom stereocenters. The molecule has 160 valence electrons. The van der Waals surface area contributed by atoms with Crippen molar-refractivity contribution in [3.05, 3.63) is 95.7 Å². The lowest BCUT2D eigenvalue weighted by molar-refractivity contribution is 0.768. The lowest BCUT2D eigenvalue weighted by Gasteiger charge is -2.13. The highest BCUT2D eigenvalue weighted by Gasteiger charge is 2.15. The van der Waals surface area contributed by atoms with Gasteiger partial charge >= 0.3 is 0 Å². The largest absolute Gasteiger partial charge is 0.323 e. The van der Waals surface area contributed by atoms with Crippen molar-refractivity contribution in [1.82, 2.24) is 24.3 Å². The van der Waals surface area contributed by atoms with Gasteiger partial charge in [-0.15, -0.1) is 0 Å². The molecule has 0 radical (unpaired) electrons. The van der Waals surface area contributed by atoms with Crippen LogP contribution in [0.5, 0.6) is 0 Å². The quantitative estimate of drug-likeness (QED) is 0.314. The Morgan fingerprint density at radius 3 is 2.66 bits per heavy atom. The first-order chi connectivity index (χ1) is 15.6. The summed E-state index contributed by atoms with van der Waals surface area (Å²) in [6.45, 7) is 5.11. The van der Waals surface area contributed by atoms with Crippen LogP contribution in [0.15, 0.2) is 78.2 Å². The molecule has 5 rings (SSSR count). The van der Waals surface area contributed by atoms with Crippen molar-refractivity contribution in [3.8, 4) is 11.1 Å². The highest BCUT2D eigenvalue weighted by atomic mass is 32.2. The number of aryl methyl sites for hydroxylation is 3. The molecule has 0 aliphatic carbocycles. The minimum Gasteiger partial charge on any atom is -0.323 e. The lowest BCUT2D eigenvalue weighted by atomic mass is 10.1. The summed E-state index contributed by atoms with van der Waals surface area (Å²) in [5.41, 5.74) is 8.30. The summed E-state index contributed by atoms with van der Waals surface area (Å²) >= 11 is 1.72. The summed E-state index contributed by atoms with van der Waals surface area (Å²) < 4.78 is 4.19. The Bertz CT molecular complexity index is 1380. The molecule has 0 spiro atoms. The molecule has 32 heavy (non-hydrogen) atoms. The molecular weight excluding hydrogens is 414 g/mol. The standard InChI is InChI=1S/C26H25N5S/c1-18-7-8-19(2)21(12-18)16-31-24-13-20(22-14-28-30(3)15-22)9-10-23(24)29-25(31)17-32-26-6-4-5-11-27-26/h4-15H,16-17H2,1-3H3. The van der Waals surface area contributed by atoms with Crippen LogP contribution in [0.3, 0.4) is 0 Å². The van der Waals surface area contributed by atoms with Crippen LogP contribution in [0.4, 0.5) is 0 Å². The molecule has 0 aliphatic heterocycles. The SMILES string of the molecule is Cc1ccc(C)c(Cn2c(CSc3ccccn3)nc3ccc(-c4cnn(C)c4)cc32)c1. The van der Waals surface area contributed by atoms with Gasteiger partial charge in [-0.1, -0.05) is 47.7 Å². The normalized spacial score (nSPS) is 11.3. The number of aromatic nitrogens is 5. The van der Waals surface area contributed by atoms with E-state index in [9.17, 15) is 0 Å². The van der Waals surface area contributed by atoms with Crippen LogP contribution >= 0.6 is 11.8 Å². The number of thioether (sulfide) groups is 1. The van der Waals surface area contributed by atoms with Crippen molar-refractivity contribution in [2.75, 3.05) is 0 Å². The van der Waals surface area contributed by atoms with Crippen molar-refractivity contribution in [3.63, 3.8) is 0 Å². The van der Waals surface area contributed by atoms with Gasteiger partial charge in [0.05, 0.1) is 28.0 Å². The molecular formula is C26H25N5S. The average Bonchev–Trinajstić information content (AvgIpc) is 3.38. The van der Waals surface area contributed by atoms with E-state index in [-0.39, 0.29) is 0 Å². The van der Waals surface area contributed by atoms with Crippen LogP contribution < -0.4 is 0 Å². The minimum absolute atomic E-state index is 0.763. The molecule has 0 fully saturated rings.